The maximum atomic E-state index is 12.8. The maximum absolute atomic E-state index is 12.8. The van der Waals surface area contributed by atoms with Gasteiger partial charge < -0.3 is 14.2 Å². The summed E-state index contributed by atoms with van der Waals surface area (Å²) in [6.07, 6.45) is 3.29. The Bertz CT molecular complexity index is 946. The van der Waals surface area contributed by atoms with Gasteiger partial charge in [-0.3, -0.25) is 4.79 Å². The molecule has 1 fully saturated rings. The quantitative estimate of drug-likeness (QED) is 0.652. The molecular formula is C20H23N5O3. The molecule has 1 saturated carbocycles. The molecule has 1 aliphatic rings. The zero-order chi connectivity index (χ0) is 19.7. The summed E-state index contributed by atoms with van der Waals surface area (Å²) < 4.78 is 12.6. The summed E-state index contributed by atoms with van der Waals surface area (Å²) in [5, 5.41) is 12.2. The van der Waals surface area contributed by atoms with Gasteiger partial charge in [0, 0.05) is 31.8 Å². The second-order valence-electron chi connectivity index (χ2n) is 7.12. The van der Waals surface area contributed by atoms with Gasteiger partial charge in [0.2, 0.25) is 5.76 Å². The van der Waals surface area contributed by atoms with Crippen molar-refractivity contribution in [2.75, 3.05) is 14.2 Å². The molecule has 8 heteroatoms. The molecule has 0 radical (unpaired) electrons. The van der Waals surface area contributed by atoms with E-state index in [1.165, 1.54) is 0 Å². The Balaban J connectivity index is 1.40. The van der Waals surface area contributed by atoms with Crippen LogP contribution in [0.3, 0.4) is 0 Å². The van der Waals surface area contributed by atoms with Crippen molar-refractivity contribution >= 4 is 5.91 Å². The highest BCUT2D eigenvalue weighted by Gasteiger charge is 2.38. The number of amides is 1. The van der Waals surface area contributed by atoms with Gasteiger partial charge in [-0.1, -0.05) is 40.7 Å². The summed E-state index contributed by atoms with van der Waals surface area (Å²) in [4.78, 5) is 14.5. The van der Waals surface area contributed by atoms with Crippen LogP contribution in [0.25, 0.3) is 11.3 Å². The van der Waals surface area contributed by atoms with Crippen molar-refractivity contribution in [3.8, 4) is 11.3 Å². The zero-order valence-corrected chi connectivity index (χ0v) is 16.1. The SMILES string of the molecule is CO[C@H](C)c1cnnn1[C@H]1C[C@@H](N(C)C(=O)c2cc(-c3ccccc3)no2)C1. The lowest BCUT2D eigenvalue weighted by molar-refractivity contribution is 0.0478. The topological polar surface area (TPSA) is 86.3 Å². The minimum Gasteiger partial charge on any atom is -0.375 e. The van der Waals surface area contributed by atoms with Gasteiger partial charge >= 0.3 is 0 Å². The predicted octanol–water partition coefficient (Wildman–Crippen LogP) is 3.12. The highest BCUT2D eigenvalue weighted by atomic mass is 16.5. The first-order chi connectivity index (χ1) is 13.6. The summed E-state index contributed by atoms with van der Waals surface area (Å²) in [6, 6.07) is 11.7. The molecule has 0 aliphatic heterocycles. The number of carbonyl (C=O) groups excluding carboxylic acids is 1. The average Bonchev–Trinajstić information content (AvgIpc) is 3.36. The molecule has 0 saturated heterocycles. The Hall–Kier alpha value is -3.00. The molecule has 0 N–H and O–H groups in total. The lowest BCUT2D eigenvalue weighted by Gasteiger charge is -2.41. The second kappa shape index (κ2) is 7.55. The highest BCUT2D eigenvalue weighted by molar-refractivity contribution is 5.92. The van der Waals surface area contributed by atoms with Gasteiger partial charge in [-0.25, -0.2) is 4.68 Å². The number of nitrogens with zero attached hydrogens (tertiary/aromatic N) is 5. The van der Waals surface area contributed by atoms with Crippen molar-refractivity contribution in [2.24, 2.45) is 0 Å². The van der Waals surface area contributed by atoms with Crippen LogP contribution in [0.2, 0.25) is 0 Å². The van der Waals surface area contributed by atoms with E-state index in [9.17, 15) is 4.79 Å². The standard InChI is InChI=1S/C20H23N5O3/c1-13(27-3)18-12-21-23-25(18)16-9-15(10-16)24(2)20(26)19-11-17(22-28-19)14-7-5-4-6-8-14/h4-8,11-13,15-16H,9-10H2,1-3H3/t13-,15-,16+/m1/s1. The van der Waals surface area contributed by atoms with Gasteiger partial charge in [-0.2, -0.15) is 0 Å². The van der Waals surface area contributed by atoms with E-state index < -0.39 is 0 Å². The fourth-order valence-electron chi connectivity index (χ4n) is 3.48. The number of carbonyl (C=O) groups is 1. The zero-order valence-electron chi connectivity index (χ0n) is 16.1. The fraction of sp³-hybridized carbons (Fsp3) is 0.400. The van der Waals surface area contributed by atoms with Crippen molar-refractivity contribution in [1.82, 2.24) is 25.1 Å². The first-order valence-corrected chi connectivity index (χ1v) is 9.30. The summed E-state index contributed by atoms with van der Waals surface area (Å²) in [5.74, 6) is 0.0847. The van der Waals surface area contributed by atoms with Crippen LogP contribution >= 0.6 is 0 Å². The first kappa shape index (κ1) is 18.4. The van der Waals surface area contributed by atoms with Gasteiger partial charge in [0.1, 0.15) is 5.69 Å². The van der Waals surface area contributed by atoms with Crippen LogP contribution in [0, 0.1) is 0 Å². The third-order valence-corrected chi connectivity index (χ3v) is 5.47. The summed E-state index contributed by atoms with van der Waals surface area (Å²) in [7, 11) is 3.47. The molecule has 0 spiro atoms. The molecule has 1 aliphatic carbocycles. The van der Waals surface area contributed by atoms with Crippen LogP contribution in [-0.4, -0.2) is 51.2 Å². The fourth-order valence-corrected chi connectivity index (χ4v) is 3.48. The Kier molecular flexibility index (Phi) is 4.95. The lowest BCUT2D eigenvalue weighted by Crippen LogP contribution is -2.46. The van der Waals surface area contributed by atoms with Crippen molar-refractivity contribution in [1.29, 1.82) is 0 Å². The second-order valence-corrected chi connectivity index (χ2v) is 7.12. The van der Waals surface area contributed by atoms with Gasteiger partial charge in [-0.15, -0.1) is 5.10 Å². The third kappa shape index (κ3) is 3.31. The van der Waals surface area contributed by atoms with Gasteiger partial charge in [0.05, 0.1) is 24.0 Å². The number of hydrogen-bond donors (Lipinski definition) is 0. The molecule has 8 nitrogen and oxygen atoms in total. The lowest BCUT2D eigenvalue weighted by atomic mass is 9.85. The number of rotatable bonds is 6. The van der Waals surface area contributed by atoms with E-state index in [2.05, 4.69) is 15.5 Å². The number of hydrogen-bond acceptors (Lipinski definition) is 6. The van der Waals surface area contributed by atoms with Crippen LogP contribution in [-0.2, 0) is 4.74 Å². The van der Waals surface area contributed by atoms with Gasteiger partial charge in [-0.05, 0) is 19.8 Å². The largest absolute Gasteiger partial charge is 0.375 e. The maximum Gasteiger partial charge on any atom is 0.292 e. The molecule has 2 heterocycles. The predicted molar refractivity (Wildman–Crippen MR) is 102 cm³/mol. The third-order valence-electron chi connectivity index (χ3n) is 5.47. The monoisotopic (exact) mass is 381 g/mol. The minimum atomic E-state index is -0.165. The molecule has 1 atom stereocenters. The molecular weight excluding hydrogens is 358 g/mol. The molecule has 4 rings (SSSR count). The smallest absolute Gasteiger partial charge is 0.292 e. The van der Waals surface area contributed by atoms with Crippen molar-refractivity contribution in [3.63, 3.8) is 0 Å². The summed E-state index contributed by atoms with van der Waals surface area (Å²) in [6.45, 7) is 1.97. The average molecular weight is 381 g/mol. The molecule has 1 aromatic carbocycles. The van der Waals surface area contributed by atoms with E-state index in [1.54, 1.807) is 31.3 Å². The molecule has 28 heavy (non-hydrogen) atoms. The van der Waals surface area contributed by atoms with Crippen LogP contribution in [0.5, 0.6) is 0 Å². The number of ether oxygens (including phenoxy) is 1. The molecule has 0 bridgehead atoms. The Morgan fingerprint density at radius 3 is 2.79 bits per heavy atom. The molecule has 2 aromatic heterocycles. The van der Waals surface area contributed by atoms with Crippen LogP contribution in [0.15, 0.2) is 47.1 Å². The number of aromatic nitrogens is 4. The van der Waals surface area contributed by atoms with Crippen molar-refractivity contribution < 1.29 is 14.1 Å². The Morgan fingerprint density at radius 1 is 1.32 bits per heavy atom. The van der Waals surface area contributed by atoms with E-state index in [4.69, 9.17) is 9.26 Å². The minimum absolute atomic E-state index is 0.0704. The number of benzene rings is 1. The summed E-state index contributed by atoms with van der Waals surface area (Å²) >= 11 is 0. The van der Waals surface area contributed by atoms with E-state index in [-0.39, 0.29) is 29.9 Å². The Labute approximate surface area is 163 Å². The van der Waals surface area contributed by atoms with E-state index in [0.717, 1.165) is 24.1 Å². The molecule has 1 amide bonds. The van der Waals surface area contributed by atoms with E-state index in [1.807, 2.05) is 41.9 Å². The molecule has 0 unspecified atom stereocenters. The van der Waals surface area contributed by atoms with E-state index in [0.29, 0.717) is 5.69 Å². The Morgan fingerprint density at radius 2 is 2.07 bits per heavy atom. The van der Waals surface area contributed by atoms with Crippen LogP contribution < -0.4 is 0 Å². The summed E-state index contributed by atoms with van der Waals surface area (Å²) in [5.41, 5.74) is 2.52. The first-order valence-electron chi connectivity index (χ1n) is 9.30. The van der Waals surface area contributed by atoms with Gasteiger partial charge in [0.25, 0.3) is 5.91 Å². The van der Waals surface area contributed by atoms with Gasteiger partial charge in [0.15, 0.2) is 0 Å². The van der Waals surface area contributed by atoms with E-state index >= 15 is 0 Å². The molecule has 3 aromatic rings. The van der Waals surface area contributed by atoms with Crippen molar-refractivity contribution in [3.05, 3.63) is 54.0 Å². The molecule has 146 valence electrons. The van der Waals surface area contributed by atoms with Crippen molar-refractivity contribution in [2.45, 2.75) is 38.0 Å². The highest BCUT2D eigenvalue weighted by Crippen LogP contribution is 2.37. The van der Waals surface area contributed by atoms with Crippen LogP contribution in [0.1, 0.15) is 48.2 Å². The number of methoxy groups -OCH3 is 1. The normalized spacial score (nSPS) is 19.8. The van der Waals surface area contributed by atoms with Crippen LogP contribution in [0.4, 0.5) is 0 Å².